The molecule has 2 rings (SSSR count). The lowest BCUT2D eigenvalue weighted by Gasteiger charge is -2.07. The molecule has 18 heavy (non-hydrogen) atoms. The van der Waals surface area contributed by atoms with E-state index < -0.39 is 11.2 Å². The second-order valence-electron chi connectivity index (χ2n) is 4.28. The average Bonchev–Trinajstić information content (AvgIpc) is 2.31. The monoisotopic (exact) mass is 264 g/mol. The van der Waals surface area contributed by atoms with Crippen LogP contribution in [0.4, 0.5) is 0 Å². The Hall–Kier alpha value is -1.81. The topological polar surface area (TPSA) is 54.9 Å². The van der Waals surface area contributed by atoms with Gasteiger partial charge in [0.2, 0.25) is 0 Å². The number of halogens is 1. The summed E-state index contributed by atoms with van der Waals surface area (Å²) in [6.07, 6.45) is 1.36. The Morgan fingerprint density at radius 1 is 1.22 bits per heavy atom. The highest BCUT2D eigenvalue weighted by Gasteiger charge is 2.04. The minimum atomic E-state index is -0.557. The number of rotatable bonds is 2. The molecule has 5 heteroatoms. The molecule has 0 atom stereocenters. The maximum Gasteiger partial charge on any atom is 0.328 e. The molecule has 0 spiro atoms. The van der Waals surface area contributed by atoms with Crippen molar-refractivity contribution in [3.63, 3.8) is 0 Å². The van der Waals surface area contributed by atoms with Gasteiger partial charge in [-0.05, 0) is 30.5 Å². The summed E-state index contributed by atoms with van der Waals surface area (Å²) in [5.74, 6) is 0. The van der Waals surface area contributed by atoms with E-state index in [1.54, 1.807) is 0 Å². The molecule has 0 radical (unpaired) electrons. The van der Waals surface area contributed by atoms with E-state index in [1.165, 1.54) is 16.3 Å². The van der Waals surface area contributed by atoms with Crippen molar-refractivity contribution >= 4 is 11.6 Å². The van der Waals surface area contributed by atoms with E-state index in [0.717, 1.165) is 11.1 Å². The smallest absolute Gasteiger partial charge is 0.295 e. The summed E-state index contributed by atoms with van der Waals surface area (Å²) in [5, 5.41) is 0.0124. The fraction of sp³-hybridized carbons (Fsp3) is 0.231. The zero-order valence-corrected chi connectivity index (χ0v) is 10.9. The third-order valence-corrected chi connectivity index (χ3v) is 3.16. The molecule has 1 N–H and O–H groups in total. The van der Waals surface area contributed by atoms with Crippen LogP contribution in [0.3, 0.4) is 0 Å². The van der Waals surface area contributed by atoms with E-state index in [1.807, 2.05) is 32.0 Å². The molecule has 94 valence electrons. The van der Waals surface area contributed by atoms with Gasteiger partial charge in [0, 0.05) is 6.20 Å². The van der Waals surface area contributed by atoms with Crippen molar-refractivity contribution in [2.45, 2.75) is 20.4 Å². The fourth-order valence-electron chi connectivity index (χ4n) is 1.70. The highest BCUT2D eigenvalue weighted by Crippen LogP contribution is 2.10. The first-order valence-electron chi connectivity index (χ1n) is 5.53. The third kappa shape index (κ3) is 2.54. The Labute approximate surface area is 109 Å². The standard InChI is InChI=1S/C13H13ClN2O2/c1-8-3-4-10(5-9(8)2)6-16-7-11(14)12(17)15-13(16)18/h3-5,7H,6H2,1-2H3,(H,15,17,18). The molecular formula is C13H13ClN2O2. The van der Waals surface area contributed by atoms with Gasteiger partial charge in [-0.2, -0.15) is 0 Å². The van der Waals surface area contributed by atoms with E-state index in [4.69, 9.17) is 11.6 Å². The molecule has 1 heterocycles. The summed E-state index contributed by atoms with van der Waals surface area (Å²) in [6.45, 7) is 4.43. The van der Waals surface area contributed by atoms with Crippen LogP contribution in [0.25, 0.3) is 0 Å². The van der Waals surface area contributed by atoms with Gasteiger partial charge < -0.3 is 0 Å². The molecule has 2 aromatic rings. The van der Waals surface area contributed by atoms with Crippen LogP contribution in [0, 0.1) is 13.8 Å². The van der Waals surface area contributed by atoms with Crippen molar-refractivity contribution in [2.75, 3.05) is 0 Å². The third-order valence-electron chi connectivity index (χ3n) is 2.89. The Morgan fingerprint density at radius 2 is 1.94 bits per heavy atom. The first-order valence-corrected chi connectivity index (χ1v) is 5.90. The van der Waals surface area contributed by atoms with Crippen molar-refractivity contribution in [3.05, 3.63) is 66.9 Å². The van der Waals surface area contributed by atoms with Crippen molar-refractivity contribution in [3.8, 4) is 0 Å². The average molecular weight is 265 g/mol. The van der Waals surface area contributed by atoms with Gasteiger partial charge in [0.25, 0.3) is 5.56 Å². The molecule has 0 aliphatic carbocycles. The zero-order valence-electron chi connectivity index (χ0n) is 10.2. The summed E-state index contributed by atoms with van der Waals surface area (Å²) in [7, 11) is 0. The molecule has 0 saturated carbocycles. The lowest BCUT2D eigenvalue weighted by Crippen LogP contribution is -2.29. The Bertz CT molecular complexity index is 701. The van der Waals surface area contributed by atoms with Gasteiger partial charge in [-0.15, -0.1) is 0 Å². The molecule has 4 nitrogen and oxygen atoms in total. The van der Waals surface area contributed by atoms with Gasteiger partial charge in [-0.3, -0.25) is 14.3 Å². The number of aromatic nitrogens is 2. The predicted molar refractivity (Wildman–Crippen MR) is 71.4 cm³/mol. The molecule has 0 bridgehead atoms. The number of nitrogens with one attached hydrogen (secondary N) is 1. The van der Waals surface area contributed by atoms with Crippen molar-refractivity contribution in [2.24, 2.45) is 0 Å². The largest absolute Gasteiger partial charge is 0.328 e. The van der Waals surface area contributed by atoms with E-state index in [0.29, 0.717) is 6.54 Å². The van der Waals surface area contributed by atoms with Gasteiger partial charge in [0.15, 0.2) is 0 Å². The number of aryl methyl sites for hydroxylation is 2. The van der Waals surface area contributed by atoms with Crippen LogP contribution in [0.5, 0.6) is 0 Å². The first-order chi connectivity index (χ1) is 8.47. The minimum Gasteiger partial charge on any atom is -0.295 e. The molecule has 1 aromatic heterocycles. The molecule has 0 saturated heterocycles. The van der Waals surface area contributed by atoms with Gasteiger partial charge in [0.05, 0.1) is 6.54 Å². The van der Waals surface area contributed by atoms with Crippen LogP contribution in [-0.2, 0) is 6.54 Å². The Balaban J connectivity index is 2.40. The van der Waals surface area contributed by atoms with Crippen molar-refractivity contribution in [1.29, 1.82) is 0 Å². The van der Waals surface area contributed by atoms with Crippen molar-refractivity contribution in [1.82, 2.24) is 9.55 Å². The number of benzene rings is 1. The van der Waals surface area contributed by atoms with Gasteiger partial charge in [-0.25, -0.2) is 4.79 Å². The Morgan fingerprint density at radius 3 is 2.61 bits per heavy atom. The number of aromatic amines is 1. The molecule has 0 aliphatic heterocycles. The zero-order chi connectivity index (χ0) is 13.3. The molecule has 1 aromatic carbocycles. The second-order valence-corrected chi connectivity index (χ2v) is 4.69. The summed E-state index contributed by atoms with van der Waals surface area (Å²) in [5.41, 5.74) is 2.34. The molecule has 0 unspecified atom stereocenters. The van der Waals surface area contributed by atoms with Crippen LogP contribution in [0.1, 0.15) is 16.7 Å². The van der Waals surface area contributed by atoms with Crippen LogP contribution in [0.2, 0.25) is 5.02 Å². The van der Waals surface area contributed by atoms with Crippen LogP contribution in [0.15, 0.2) is 34.0 Å². The molecular weight excluding hydrogens is 252 g/mol. The molecule has 0 aliphatic rings. The van der Waals surface area contributed by atoms with Gasteiger partial charge in [0.1, 0.15) is 5.02 Å². The van der Waals surface area contributed by atoms with Gasteiger partial charge >= 0.3 is 5.69 Å². The number of hydrogen-bond acceptors (Lipinski definition) is 2. The summed E-state index contributed by atoms with van der Waals surface area (Å²) in [6, 6.07) is 5.97. The van der Waals surface area contributed by atoms with Crippen LogP contribution < -0.4 is 11.2 Å². The van der Waals surface area contributed by atoms with E-state index in [2.05, 4.69) is 4.98 Å². The molecule has 0 amide bonds. The predicted octanol–water partition coefficient (Wildman–Crippen LogP) is 1.86. The maximum absolute atomic E-state index is 11.6. The summed E-state index contributed by atoms with van der Waals surface area (Å²) < 4.78 is 1.38. The van der Waals surface area contributed by atoms with Crippen LogP contribution in [-0.4, -0.2) is 9.55 Å². The van der Waals surface area contributed by atoms with E-state index in [-0.39, 0.29) is 5.02 Å². The van der Waals surface area contributed by atoms with E-state index in [9.17, 15) is 9.59 Å². The summed E-state index contributed by atoms with van der Waals surface area (Å²) in [4.78, 5) is 24.9. The number of nitrogens with zero attached hydrogens (tertiary/aromatic N) is 1. The summed E-state index contributed by atoms with van der Waals surface area (Å²) >= 11 is 5.71. The van der Waals surface area contributed by atoms with E-state index >= 15 is 0 Å². The second kappa shape index (κ2) is 4.82. The number of hydrogen-bond donors (Lipinski definition) is 1. The normalized spacial score (nSPS) is 10.6. The lowest BCUT2D eigenvalue weighted by atomic mass is 10.1. The number of H-pyrrole nitrogens is 1. The quantitative estimate of drug-likeness (QED) is 0.900. The Kier molecular flexibility index (Phi) is 3.39. The highest BCUT2D eigenvalue weighted by molar-refractivity contribution is 6.30. The highest BCUT2D eigenvalue weighted by atomic mass is 35.5. The fourth-order valence-corrected chi connectivity index (χ4v) is 1.86. The van der Waals surface area contributed by atoms with Crippen LogP contribution >= 0.6 is 11.6 Å². The minimum absolute atomic E-state index is 0.0124. The molecule has 0 fully saturated rings. The maximum atomic E-state index is 11.6. The van der Waals surface area contributed by atoms with Gasteiger partial charge in [-0.1, -0.05) is 29.8 Å². The lowest BCUT2D eigenvalue weighted by molar-refractivity contribution is 0.720. The SMILES string of the molecule is Cc1ccc(Cn2cc(Cl)c(=O)[nH]c2=O)cc1C. The first kappa shape index (κ1) is 12.6. The van der Waals surface area contributed by atoms with Crippen molar-refractivity contribution < 1.29 is 0 Å².